The molecule has 0 aromatic carbocycles. The van der Waals surface area contributed by atoms with Crippen molar-refractivity contribution < 1.29 is 4.79 Å². The minimum absolute atomic E-state index is 0.0726. The van der Waals surface area contributed by atoms with Gasteiger partial charge in [0.05, 0.1) is 6.04 Å². The van der Waals surface area contributed by atoms with Gasteiger partial charge in [-0.05, 0) is 37.5 Å². The quantitative estimate of drug-likeness (QED) is 0.836. The summed E-state index contributed by atoms with van der Waals surface area (Å²) in [6, 6.07) is 0.421. The monoisotopic (exact) mass is 254 g/mol. The molecule has 0 aliphatic heterocycles. The fourth-order valence-corrected chi connectivity index (χ4v) is 3.17. The maximum atomic E-state index is 11.9. The number of carbonyl (C=O) groups is 1. The van der Waals surface area contributed by atoms with Gasteiger partial charge < -0.3 is 10.2 Å². The van der Waals surface area contributed by atoms with Crippen LogP contribution in [0.5, 0.6) is 0 Å². The van der Waals surface area contributed by atoms with Gasteiger partial charge in [0.15, 0.2) is 0 Å². The van der Waals surface area contributed by atoms with E-state index < -0.39 is 0 Å². The molecule has 1 saturated carbocycles. The molecule has 1 N–H and O–H groups in total. The normalized spacial score (nSPS) is 30.3. The standard InChI is InChI=1S/C15H30N2O/c1-10(2)13-8-7-11(3)9-14(13)16-12(4)15(18)17(5)6/h10-14,16H,7-9H2,1-6H3. The van der Waals surface area contributed by atoms with Crippen LogP contribution < -0.4 is 5.32 Å². The van der Waals surface area contributed by atoms with Crippen molar-refractivity contribution in [3.8, 4) is 0 Å². The predicted molar refractivity (Wildman–Crippen MR) is 76.4 cm³/mol. The van der Waals surface area contributed by atoms with Crippen molar-refractivity contribution in [2.24, 2.45) is 17.8 Å². The predicted octanol–water partition coefficient (Wildman–Crippen LogP) is 2.51. The van der Waals surface area contributed by atoms with Crippen molar-refractivity contribution in [2.75, 3.05) is 14.1 Å². The molecule has 106 valence electrons. The number of nitrogens with one attached hydrogen (secondary N) is 1. The SMILES string of the molecule is CC1CCC(C(C)C)C(NC(C)C(=O)N(C)C)C1. The van der Waals surface area contributed by atoms with Crippen LogP contribution in [0, 0.1) is 17.8 Å². The largest absolute Gasteiger partial charge is 0.347 e. The number of nitrogens with zero attached hydrogens (tertiary/aromatic N) is 1. The van der Waals surface area contributed by atoms with Gasteiger partial charge in [0.25, 0.3) is 0 Å². The minimum atomic E-state index is -0.0726. The highest BCUT2D eigenvalue weighted by Gasteiger charge is 2.32. The third-order valence-corrected chi connectivity index (χ3v) is 4.30. The highest BCUT2D eigenvalue weighted by Crippen LogP contribution is 2.33. The second-order valence-electron chi connectivity index (χ2n) is 6.55. The molecule has 0 saturated heterocycles. The van der Waals surface area contributed by atoms with Crippen LogP contribution in [0.3, 0.4) is 0 Å². The number of amides is 1. The van der Waals surface area contributed by atoms with E-state index in [0.29, 0.717) is 17.9 Å². The van der Waals surface area contributed by atoms with Crippen LogP contribution in [-0.4, -0.2) is 37.0 Å². The average Bonchev–Trinajstić information content (AvgIpc) is 2.27. The summed E-state index contributed by atoms with van der Waals surface area (Å²) in [5.41, 5.74) is 0. The smallest absolute Gasteiger partial charge is 0.238 e. The van der Waals surface area contributed by atoms with E-state index in [2.05, 4.69) is 26.1 Å². The van der Waals surface area contributed by atoms with Crippen LogP contribution in [-0.2, 0) is 4.79 Å². The zero-order chi connectivity index (χ0) is 13.9. The van der Waals surface area contributed by atoms with Gasteiger partial charge >= 0.3 is 0 Å². The molecular formula is C15H30N2O. The topological polar surface area (TPSA) is 32.3 Å². The van der Waals surface area contributed by atoms with E-state index in [-0.39, 0.29) is 11.9 Å². The Bertz CT molecular complexity index is 276. The molecule has 0 heterocycles. The van der Waals surface area contributed by atoms with Crippen LogP contribution in [0.15, 0.2) is 0 Å². The van der Waals surface area contributed by atoms with E-state index in [1.807, 2.05) is 21.0 Å². The summed E-state index contributed by atoms with van der Waals surface area (Å²) in [5.74, 6) is 2.35. The average molecular weight is 254 g/mol. The van der Waals surface area contributed by atoms with E-state index in [4.69, 9.17) is 0 Å². The maximum Gasteiger partial charge on any atom is 0.238 e. The Morgan fingerprint density at radius 2 is 1.83 bits per heavy atom. The molecule has 1 fully saturated rings. The van der Waals surface area contributed by atoms with Crippen LogP contribution in [0.1, 0.15) is 47.0 Å². The molecule has 1 aliphatic carbocycles. The molecule has 0 aromatic rings. The lowest BCUT2D eigenvalue weighted by molar-refractivity contribution is -0.130. The van der Waals surface area contributed by atoms with Crippen LogP contribution in [0.25, 0.3) is 0 Å². The number of hydrogen-bond donors (Lipinski definition) is 1. The third kappa shape index (κ3) is 3.98. The molecule has 4 atom stereocenters. The maximum absolute atomic E-state index is 11.9. The molecule has 1 rings (SSSR count). The summed E-state index contributed by atoms with van der Waals surface area (Å²) >= 11 is 0. The van der Waals surface area contributed by atoms with Crippen molar-refractivity contribution in [3.05, 3.63) is 0 Å². The van der Waals surface area contributed by atoms with Gasteiger partial charge in [-0.3, -0.25) is 4.79 Å². The number of rotatable bonds is 4. The lowest BCUT2D eigenvalue weighted by Crippen LogP contribution is -2.51. The molecule has 0 bridgehead atoms. The summed E-state index contributed by atoms with van der Waals surface area (Å²) in [7, 11) is 3.65. The first kappa shape index (κ1) is 15.5. The Labute approximate surface area is 112 Å². The number of carbonyl (C=O) groups excluding carboxylic acids is 1. The zero-order valence-corrected chi connectivity index (χ0v) is 12.9. The van der Waals surface area contributed by atoms with E-state index in [1.54, 1.807) is 4.90 Å². The fraction of sp³-hybridized carbons (Fsp3) is 0.933. The van der Waals surface area contributed by atoms with E-state index in [1.165, 1.54) is 19.3 Å². The Morgan fingerprint density at radius 1 is 1.22 bits per heavy atom. The molecule has 1 aliphatic rings. The molecular weight excluding hydrogens is 224 g/mol. The Kier molecular flexibility index (Phi) is 5.64. The molecule has 4 unspecified atom stereocenters. The third-order valence-electron chi connectivity index (χ3n) is 4.30. The molecule has 0 radical (unpaired) electrons. The summed E-state index contributed by atoms with van der Waals surface area (Å²) < 4.78 is 0. The Hall–Kier alpha value is -0.570. The second kappa shape index (κ2) is 6.55. The van der Waals surface area contributed by atoms with Crippen LogP contribution in [0.2, 0.25) is 0 Å². The molecule has 3 nitrogen and oxygen atoms in total. The van der Waals surface area contributed by atoms with Gasteiger partial charge in [-0.25, -0.2) is 0 Å². The van der Waals surface area contributed by atoms with Crippen molar-refractivity contribution in [1.29, 1.82) is 0 Å². The van der Waals surface area contributed by atoms with Gasteiger partial charge in [-0.2, -0.15) is 0 Å². The molecule has 0 aromatic heterocycles. The lowest BCUT2D eigenvalue weighted by Gasteiger charge is -2.39. The summed E-state index contributed by atoms with van der Waals surface area (Å²) in [4.78, 5) is 13.6. The van der Waals surface area contributed by atoms with E-state index >= 15 is 0 Å². The van der Waals surface area contributed by atoms with Gasteiger partial charge in [0, 0.05) is 20.1 Å². The zero-order valence-electron chi connectivity index (χ0n) is 12.9. The van der Waals surface area contributed by atoms with Gasteiger partial charge in [-0.1, -0.05) is 27.2 Å². The fourth-order valence-electron chi connectivity index (χ4n) is 3.17. The molecule has 3 heteroatoms. The van der Waals surface area contributed by atoms with Gasteiger partial charge in [0.2, 0.25) is 5.91 Å². The lowest BCUT2D eigenvalue weighted by atomic mass is 9.74. The van der Waals surface area contributed by atoms with Gasteiger partial charge in [-0.15, -0.1) is 0 Å². The van der Waals surface area contributed by atoms with Crippen LogP contribution >= 0.6 is 0 Å². The highest BCUT2D eigenvalue weighted by molar-refractivity contribution is 5.80. The first-order valence-electron chi connectivity index (χ1n) is 7.30. The first-order valence-corrected chi connectivity index (χ1v) is 7.30. The second-order valence-corrected chi connectivity index (χ2v) is 6.55. The molecule has 18 heavy (non-hydrogen) atoms. The summed E-state index contributed by atoms with van der Waals surface area (Å²) in [5, 5.41) is 3.57. The summed E-state index contributed by atoms with van der Waals surface area (Å²) in [6.07, 6.45) is 3.82. The van der Waals surface area contributed by atoms with Crippen molar-refractivity contribution in [3.63, 3.8) is 0 Å². The van der Waals surface area contributed by atoms with Crippen molar-refractivity contribution in [2.45, 2.75) is 59.0 Å². The molecule has 1 amide bonds. The minimum Gasteiger partial charge on any atom is -0.347 e. The van der Waals surface area contributed by atoms with E-state index in [9.17, 15) is 4.79 Å². The van der Waals surface area contributed by atoms with Gasteiger partial charge in [0.1, 0.15) is 0 Å². The van der Waals surface area contributed by atoms with E-state index in [0.717, 1.165) is 5.92 Å². The highest BCUT2D eigenvalue weighted by atomic mass is 16.2. The van der Waals surface area contributed by atoms with Crippen molar-refractivity contribution in [1.82, 2.24) is 10.2 Å². The number of hydrogen-bond acceptors (Lipinski definition) is 2. The Balaban J connectivity index is 2.63. The Morgan fingerprint density at radius 3 is 2.33 bits per heavy atom. The number of likely N-dealkylation sites (N-methyl/N-ethyl adjacent to an activating group) is 1. The summed E-state index contributed by atoms with van der Waals surface area (Å²) in [6.45, 7) is 8.91. The molecule has 0 spiro atoms. The van der Waals surface area contributed by atoms with Crippen molar-refractivity contribution >= 4 is 5.91 Å². The van der Waals surface area contributed by atoms with Crippen LogP contribution in [0.4, 0.5) is 0 Å². The first-order chi connectivity index (χ1) is 8.32.